The fourth-order valence-corrected chi connectivity index (χ4v) is 6.33. The minimum atomic E-state index is -1.99. The average molecular weight is 882 g/mol. The maximum Gasteiger partial charge on any atom is 0.407 e. The van der Waals surface area contributed by atoms with Gasteiger partial charge in [-0.25, -0.2) is 9.59 Å². The summed E-state index contributed by atoms with van der Waals surface area (Å²) in [7, 11) is 0. The molecule has 1 aromatic carbocycles. The molecule has 0 aliphatic carbocycles. The van der Waals surface area contributed by atoms with Crippen molar-refractivity contribution in [1.29, 1.82) is 0 Å². The highest BCUT2D eigenvalue weighted by atomic mass is 35.6. The Morgan fingerprint density at radius 2 is 1.33 bits per heavy atom. The first-order valence-electron chi connectivity index (χ1n) is 19.8. The van der Waals surface area contributed by atoms with Gasteiger partial charge in [0.1, 0.15) is 32.0 Å². The third-order valence-corrected chi connectivity index (χ3v) is 9.30. The molecule has 0 radical (unpaired) electrons. The number of ether oxygens (including phenoxy) is 7. The van der Waals surface area contributed by atoms with Crippen molar-refractivity contribution >= 4 is 70.7 Å². The number of alkyl halides is 3. The molecular formula is C40H59Cl3N2O13. The number of amides is 2. The lowest BCUT2D eigenvalue weighted by Gasteiger charge is -2.45. The number of nitrogens with one attached hydrogen (secondary N) is 2. The van der Waals surface area contributed by atoms with E-state index in [4.69, 9.17) is 68.0 Å². The summed E-state index contributed by atoms with van der Waals surface area (Å²) in [5, 5.41) is 5.17. The molecule has 328 valence electrons. The summed E-state index contributed by atoms with van der Waals surface area (Å²) >= 11 is 17.3. The molecule has 0 spiro atoms. The number of halogens is 3. The normalized spacial score (nSPS) is 20.2. The van der Waals surface area contributed by atoms with Gasteiger partial charge in [-0.2, -0.15) is 0 Å². The second kappa shape index (κ2) is 27.4. The summed E-state index contributed by atoms with van der Waals surface area (Å²) in [6.07, 6.45) is 3.82. The maximum atomic E-state index is 13.7. The van der Waals surface area contributed by atoms with Gasteiger partial charge in [0.05, 0.1) is 6.10 Å². The molecule has 2 amide bonds. The number of esters is 4. The van der Waals surface area contributed by atoms with Crippen LogP contribution in [-0.2, 0) is 63.7 Å². The number of rotatable bonds is 25. The van der Waals surface area contributed by atoms with Crippen LogP contribution in [0.15, 0.2) is 30.3 Å². The molecule has 2 rings (SSSR count). The number of hydrogen-bond donors (Lipinski definition) is 2. The summed E-state index contributed by atoms with van der Waals surface area (Å²) in [5.41, 5.74) is 0.692. The van der Waals surface area contributed by atoms with Crippen LogP contribution < -0.4 is 10.6 Å². The van der Waals surface area contributed by atoms with Gasteiger partial charge in [0.2, 0.25) is 9.70 Å². The Morgan fingerprint density at radius 3 is 1.88 bits per heavy atom. The summed E-state index contributed by atoms with van der Waals surface area (Å²) in [6, 6.07) is 5.96. The van der Waals surface area contributed by atoms with Crippen molar-refractivity contribution < 1.29 is 61.9 Å². The predicted octanol–water partition coefficient (Wildman–Crippen LogP) is 6.94. The van der Waals surface area contributed by atoms with Gasteiger partial charge in [0, 0.05) is 27.2 Å². The van der Waals surface area contributed by atoms with Crippen molar-refractivity contribution in [3.05, 3.63) is 35.9 Å². The van der Waals surface area contributed by atoms with E-state index in [0.29, 0.717) is 12.0 Å². The molecule has 0 bridgehead atoms. The maximum absolute atomic E-state index is 13.7. The molecule has 58 heavy (non-hydrogen) atoms. The fraction of sp³-hybridized carbons (Fsp3) is 0.700. The van der Waals surface area contributed by atoms with E-state index in [1.165, 1.54) is 45.4 Å². The predicted molar refractivity (Wildman–Crippen MR) is 215 cm³/mol. The Morgan fingerprint density at radius 1 is 0.759 bits per heavy atom. The number of hydrogen-bond acceptors (Lipinski definition) is 13. The average Bonchev–Trinajstić information content (AvgIpc) is 3.15. The lowest BCUT2D eigenvalue weighted by molar-refractivity contribution is -0.287. The Labute approximate surface area is 356 Å². The zero-order chi connectivity index (χ0) is 43.1. The Bertz CT molecular complexity index is 1430. The number of carbonyl (C=O) groups excluding carboxylic acids is 6. The molecule has 0 saturated carbocycles. The van der Waals surface area contributed by atoms with Gasteiger partial charge in [-0.15, -0.1) is 0 Å². The first-order valence-corrected chi connectivity index (χ1v) is 20.9. The summed E-state index contributed by atoms with van der Waals surface area (Å²) in [5.74, 6) is -3.66. The molecule has 2 N–H and O–H groups in total. The highest BCUT2D eigenvalue weighted by molar-refractivity contribution is 6.67. The van der Waals surface area contributed by atoms with E-state index in [-0.39, 0.29) is 13.0 Å². The Kier molecular flexibility index (Phi) is 24.0. The van der Waals surface area contributed by atoms with Gasteiger partial charge >= 0.3 is 30.0 Å². The van der Waals surface area contributed by atoms with Crippen molar-refractivity contribution in [1.82, 2.24) is 10.6 Å². The molecule has 1 aliphatic heterocycles. The van der Waals surface area contributed by atoms with E-state index in [2.05, 4.69) is 17.6 Å². The van der Waals surface area contributed by atoms with Crippen LogP contribution in [0.2, 0.25) is 0 Å². The van der Waals surface area contributed by atoms with Crippen LogP contribution in [0.3, 0.4) is 0 Å². The van der Waals surface area contributed by atoms with Crippen molar-refractivity contribution in [3.63, 3.8) is 0 Å². The largest absolute Gasteiger partial charge is 0.463 e. The van der Waals surface area contributed by atoms with E-state index in [1.807, 2.05) is 6.07 Å². The Hall–Kier alpha value is -3.37. The third-order valence-electron chi connectivity index (χ3n) is 8.97. The SMILES string of the molecule is CCCCCCCCCCCCCC(=O)N[C@H](C(=O)OCc1ccccc1)[C@H](C)O[C@@H]1O[C@H](COC(C)=O)[C@@H](OC(C)=O)[C@H](OC(C)=O)[C@H]1NC(=O)OCC(Cl)(Cl)Cl. The molecule has 1 aliphatic rings. The highest BCUT2D eigenvalue weighted by Crippen LogP contribution is 2.30. The molecule has 0 unspecified atom stereocenters. The lowest BCUT2D eigenvalue weighted by Crippen LogP contribution is -2.67. The molecule has 1 saturated heterocycles. The second-order valence-electron chi connectivity index (χ2n) is 14.1. The van der Waals surface area contributed by atoms with Crippen LogP contribution in [0.1, 0.15) is 117 Å². The van der Waals surface area contributed by atoms with Crippen LogP contribution in [0, 0.1) is 0 Å². The number of benzene rings is 1. The summed E-state index contributed by atoms with van der Waals surface area (Å²) < 4.78 is 37.2. The lowest BCUT2D eigenvalue weighted by atomic mass is 9.96. The van der Waals surface area contributed by atoms with Crippen molar-refractivity contribution in [2.45, 2.75) is 165 Å². The highest BCUT2D eigenvalue weighted by Gasteiger charge is 2.52. The van der Waals surface area contributed by atoms with E-state index in [1.54, 1.807) is 24.3 Å². The van der Waals surface area contributed by atoms with Crippen LogP contribution >= 0.6 is 34.8 Å². The minimum absolute atomic E-state index is 0.112. The quantitative estimate of drug-likeness (QED) is 0.0445. The third kappa shape index (κ3) is 21.1. The van der Waals surface area contributed by atoms with Crippen LogP contribution in [-0.4, -0.2) is 95.7 Å². The molecule has 0 aromatic heterocycles. The second-order valence-corrected chi connectivity index (χ2v) is 16.6. The van der Waals surface area contributed by atoms with Gasteiger partial charge in [-0.3, -0.25) is 19.2 Å². The molecule has 1 fully saturated rings. The van der Waals surface area contributed by atoms with Crippen molar-refractivity contribution in [2.75, 3.05) is 13.2 Å². The zero-order valence-corrected chi connectivity index (χ0v) is 36.2. The zero-order valence-electron chi connectivity index (χ0n) is 34.0. The van der Waals surface area contributed by atoms with E-state index in [9.17, 15) is 28.8 Å². The first-order chi connectivity index (χ1) is 27.5. The van der Waals surface area contributed by atoms with Gasteiger partial charge in [0.25, 0.3) is 0 Å². The molecule has 18 heteroatoms. The fourth-order valence-electron chi connectivity index (χ4n) is 6.17. The van der Waals surface area contributed by atoms with Crippen LogP contribution in [0.25, 0.3) is 0 Å². The van der Waals surface area contributed by atoms with Crippen molar-refractivity contribution in [2.24, 2.45) is 0 Å². The number of alkyl carbamates (subject to hydrolysis) is 1. The standard InChI is InChI=1S/C40H59Cl3N2O13/c1-6-7-8-9-10-11-12-13-14-15-19-22-32(49)44-33(37(50)53-23-30-20-17-16-18-21-30)26(2)55-38-34(45-39(51)54-25-40(41,42)43)36(57-29(5)48)35(56-28(4)47)31(58-38)24-52-27(3)46/h16-18,20-21,26,31,33-36,38H,6-15,19,22-25H2,1-5H3,(H,44,49)(H,45,51)/t26-,31+,33-,34+,35+,36+,38+/m0/s1. The number of carbonyl (C=O) groups is 6. The molecule has 1 heterocycles. The summed E-state index contributed by atoms with van der Waals surface area (Å²) in [4.78, 5) is 76.5. The topological polar surface area (TPSA) is 191 Å². The molecule has 7 atom stereocenters. The van der Waals surface area contributed by atoms with Crippen molar-refractivity contribution in [3.8, 4) is 0 Å². The van der Waals surface area contributed by atoms with Gasteiger partial charge in [0.15, 0.2) is 24.5 Å². The molecule has 1 aromatic rings. The van der Waals surface area contributed by atoms with Gasteiger partial charge < -0.3 is 43.8 Å². The molecule has 15 nitrogen and oxygen atoms in total. The molecular weight excluding hydrogens is 823 g/mol. The first kappa shape index (κ1) is 50.8. The van der Waals surface area contributed by atoms with Gasteiger partial charge in [-0.05, 0) is 18.9 Å². The smallest absolute Gasteiger partial charge is 0.407 e. The van der Waals surface area contributed by atoms with E-state index >= 15 is 0 Å². The van der Waals surface area contributed by atoms with E-state index in [0.717, 1.165) is 46.5 Å². The van der Waals surface area contributed by atoms with Gasteiger partial charge in [-0.1, -0.05) is 136 Å². The van der Waals surface area contributed by atoms with E-state index < -0.39 is 95.7 Å². The Balaban J connectivity index is 2.33. The van der Waals surface area contributed by atoms with Crippen LogP contribution in [0.5, 0.6) is 0 Å². The van der Waals surface area contributed by atoms with Crippen LogP contribution in [0.4, 0.5) is 4.79 Å². The minimum Gasteiger partial charge on any atom is -0.463 e. The summed E-state index contributed by atoms with van der Waals surface area (Å²) in [6.45, 7) is 5.63. The number of unbranched alkanes of at least 4 members (excludes halogenated alkanes) is 10. The monoisotopic (exact) mass is 880 g/mol.